The van der Waals surface area contributed by atoms with Crippen LogP contribution in [0.5, 0.6) is 0 Å². The molecule has 0 aliphatic carbocycles. The molecule has 3 unspecified atom stereocenters. The van der Waals surface area contributed by atoms with E-state index in [9.17, 15) is 0 Å². The highest BCUT2D eigenvalue weighted by Crippen LogP contribution is 2.31. The van der Waals surface area contributed by atoms with E-state index in [1.165, 1.54) is 11.1 Å². The molecule has 1 N–H and O–H groups in total. The van der Waals surface area contributed by atoms with E-state index in [1.807, 2.05) is 0 Å². The second-order valence-corrected chi connectivity index (χ2v) is 6.51. The van der Waals surface area contributed by atoms with Gasteiger partial charge in [0.05, 0.1) is 12.7 Å². The van der Waals surface area contributed by atoms with E-state index >= 15 is 0 Å². The van der Waals surface area contributed by atoms with E-state index in [1.54, 1.807) is 0 Å². The van der Waals surface area contributed by atoms with Gasteiger partial charge in [-0.05, 0) is 43.4 Å². The van der Waals surface area contributed by atoms with Crippen molar-refractivity contribution in [2.45, 2.75) is 52.7 Å². The fraction of sp³-hybridized carbons (Fsp3) is 0.667. The second-order valence-electron chi connectivity index (χ2n) is 6.51. The molecule has 0 saturated carbocycles. The van der Waals surface area contributed by atoms with Gasteiger partial charge in [0.1, 0.15) is 0 Å². The highest BCUT2D eigenvalue weighted by atomic mass is 16.5. The van der Waals surface area contributed by atoms with Gasteiger partial charge in [-0.25, -0.2) is 0 Å². The summed E-state index contributed by atoms with van der Waals surface area (Å²) >= 11 is 0. The van der Waals surface area contributed by atoms with Crippen molar-refractivity contribution in [3.63, 3.8) is 0 Å². The highest BCUT2D eigenvalue weighted by molar-refractivity contribution is 5.26. The average Bonchev–Trinajstić information content (AvgIpc) is 2.83. The quantitative estimate of drug-likeness (QED) is 0.848. The lowest BCUT2D eigenvalue weighted by atomic mass is 9.90. The number of benzene rings is 1. The van der Waals surface area contributed by atoms with Gasteiger partial charge in [0, 0.05) is 12.0 Å². The lowest BCUT2D eigenvalue weighted by Gasteiger charge is -2.24. The van der Waals surface area contributed by atoms with Crippen molar-refractivity contribution >= 4 is 0 Å². The van der Waals surface area contributed by atoms with Gasteiger partial charge in [-0.3, -0.25) is 0 Å². The summed E-state index contributed by atoms with van der Waals surface area (Å²) < 4.78 is 5.75. The minimum absolute atomic E-state index is 0.404. The van der Waals surface area contributed by atoms with Crippen molar-refractivity contribution in [1.29, 1.82) is 0 Å². The molecule has 2 heteroatoms. The summed E-state index contributed by atoms with van der Waals surface area (Å²) in [7, 11) is 0. The van der Waals surface area contributed by atoms with E-state index in [4.69, 9.17) is 4.74 Å². The molecular formula is C18H29NO. The van der Waals surface area contributed by atoms with Crippen molar-refractivity contribution in [3.8, 4) is 0 Å². The number of rotatable bonds is 6. The van der Waals surface area contributed by atoms with Crippen molar-refractivity contribution in [2.75, 3.05) is 13.2 Å². The third-order valence-electron chi connectivity index (χ3n) is 4.11. The first-order chi connectivity index (χ1) is 9.60. The lowest BCUT2D eigenvalue weighted by molar-refractivity contribution is 0.117. The van der Waals surface area contributed by atoms with Gasteiger partial charge in [0.2, 0.25) is 0 Å². The summed E-state index contributed by atoms with van der Waals surface area (Å²) in [5.74, 6) is 1.32. The molecule has 2 rings (SSSR count). The monoisotopic (exact) mass is 275 g/mol. The minimum atomic E-state index is 0.404. The fourth-order valence-electron chi connectivity index (χ4n) is 3.19. The maximum absolute atomic E-state index is 5.75. The molecule has 0 bridgehead atoms. The first kappa shape index (κ1) is 15.5. The molecule has 0 radical (unpaired) electrons. The maximum atomic E-state index is 5.75. The molecule has 1 aromatic carbocycles. The molecular weight excluding hydrogens is 246 g/mol. The second kappa shape index (κ2) is 7.24. The topological polar surface area (TPSA) is 21.3 Å². The van der Waals surface area contributed by atoms with Gasteiger partial charge in [-0.1, -0.05) is 45.0 Å². The van der Waals surface area contributed by atoms with Crippen LogP contribution in [0.2, 0.25) is 0 Å². The van der Waals surface area contributed by atoms with Gasteiger partial charge < -0.3 is 10.1 Å². The number of nitrogens with one attached hydrogen (secondary N) is 1. The zero-order chi connectivity index (χ0) is 14.5. The van der Waals surface area contributed by atoms with E-state index in [2.05, 4.69) is 57.3 Å². The van der Waals surface area contributed by atoms with Crippen LogP contribution in [0.25, 0.3) is 0 Å². The zero-order valence-electron chi connectivity index (χ0n) is 13.4. The smallest absolute Gasteiger partial charge is 0.0551 e. The van der Waals surface area contributed by atoms with Crippen molar-refractivity contribution in [1.82, 2.24) is 5.32 Å². The van der Waals surface area contributed by atoms with Crippen LogP contribution >= 0.6 is 0 Å². The van der Waals surface area contributed by atoms with E-state index in [0.29, 0.717) is 18.1 Å². The van der Waals surface area contributed by atoms with E-state index in [-0.39, 0.29) is 0 Å². The Bertz CT molecular complexity index is 398. The summed E-state index contributed by atoms with van der Waals surface area (Å²) in [5, 5.41) is 3.64. The molecule has 0 spiro atoms. The number of hydrogen-bond donors (Lipinski definition) is 1. The molecule has 1 aromatic rings. The Morgan fingerprint density at radius 2 is 1.95 bits per heavy atom. The molecule has 1 saturated heterocycles. The van der Waals surface area contributed by atoms with Crippen molar-refractivity contribution in [3.05, 3.63) is 35.4 Å². The third kappa shape index (κ3) is 4.07. The summed E-state index contributed by atoms with van der Waals surface area (Å²) in [6, 6.07) is 9.61. The minimum Gasteiger partial charge on any atom is -0.378 e. The third-order valence-corrected chi connectivity index (χ3v) is 4.11. The summed E-state index contributed by atoms with van der Waals surface area (Å²) in [6.45, 7) is 10.8. The summed E-state index contributed by atoms with van der Waals surface area (Å²) in [6.07, 6.45) is 2.72. The first-order valence-corrected chi connectivity index (χ1v) is 8.04. The molecule has 1 aliphatic rings. The van der Waals surface area contributed by atoms with Crippen molar-refractivity contribution < 1.29 is 4.74 Å². The van der Waals surface area contributed by atoms with Gasteiger partial charge >= 0.3 is 0 Å². The molecule has 1 heterocycles. The summed E-state index contributed by atoms with van der Waals surface area (Å²) in [5.41, 5.74) is 2.84. The van der Waals surface area contributed by atoms with Crippen LogP contribution in [0, 0.1) is 11.8 Å². The molecule has 2 nitrogen and oxygen atoms in total. The largest absolute Gasteiger partial charge is 0.378 e. The molecule has 3 atom stereocenters. The molecule has 0 amide bonds. The number of ether oxygens (including phenoxy) is 1. The Morgan fingerprint density at radius 1 is 1.25 bits per heavy atom. The standard InChI is InChI=1S/C18H29NO/c1-5-19-18(17-11-14(4)20-12-17)16-8-6-15(7-9-16)10-13(2)3/h6-9,13-14,17-19H,5,10-12H2,1-4H3. The van der Waals surface area contributed by atoms with Crippen LogP contribution < -0.4 is 5.32 Å². The first-order valence-electron chi connectivity index (χ1n) is 8.04. The van der Waals surface area contributed by atoms with Crippen molar-refractivity contribution in [2.24, 2.45) is 11.8 Å². The average molecular weight is 275 g/mol. The molecule has 1 fully saturated rings. The van der Waals surface area contributed by atoms with Gasteiger partial charge in [0.15, 0.2) is 0 Å². The molecule has 0 aromatic heterocycles. The molecule has 112 valence electrons. The van der Waals surface area contributed by atoms with E-state index in [0.717, 1.165) is 31.9 Å². The van der Waals surface area contributed by atoms with Gasteiger partial charge in [-0.2, -0.15) is 0 Å². The zero-order valence-corrected chi connectivity index (χ0v) is 13.4. The van der Waals surface area contributed by atoms with Crippen LogP contribution in [0.15, 0.2) is 24.3 Å². The highest BCUT2D eigenvalue weighted by Gasteiger charge is 2.30. The molecule has 20 heavy (non-hydrogen) atoms. The predicted octanol–water partition coefficient (Wildman–Crippen LogP) is 3.96. The maximum Gasteiger partial charge on any atom is 0.0551 e. The SMILES string of the molecule is CCNC(c1ccc(CC(C)C)cc1)C1COC(C)C1. The molecule has 1 aliphatic heterocycles. The predicted molar refractivity (Wildman–Crippen MR) is 84.9 cm³/mol. The van der Waals surface area contributed by atoms with Crippen LogP contribution in [-0.4, -0.2) is 19.3 Å². The van der Waals surface area contributed by atoms with Crippen LogP contribution in [0.1, 0.15) is 51.3 Å². The van der Waals surface area contributed by atoms with E-state index < -0.39 is 0 Å². The Hall–Kier alpha value is -0.860. The van der Waals surface area contributed by atoms with Gasteiger partial charge in [0.25, 0.3) is 0 Å². The number of hydrogen-bond acceptors (Lipinski definition) is 2. The lowest BCUT2D eigenvalue weighted by Crippen LogP contribution is -2.28. The van der Waals surface area contributed by atoms with Crippen LogP contribution in [-0.2, 0) is 11.2 Å². The summed E-state index contributed by atoms with van der Waals surface area (Å²) in [4.78, 5) is 0. The Morgan fingerprint density at radius 3 is 2.45 bits per heavy atom. The van der Waals surface area contributed by atoms with Gasteiger partial charge in [-0.15, -0.1) is 0 Å². The fourth-order valence-corrected chi connectivity index (χ4v) is 3.19. The van der Waals surface area contributed by atoms with Crippen LogP contribution in [0.3, 0.4) is 0 Å². The Kier molecular flexibility index (Phi) is 5.62. The van der Waals surface area contributed by atoms with Crippen LogP contribution in [0.4, 0.5) is 0 Å². The normalized spacial score (nSPS) is 24.2. The Labute approximate surface area is 123 Å². The Balaban J connectivity index is 2.08.